The van der Waals surface area contributed by atoms with E-state index < -0.39 is 0 Å². The van der Waals surface area contributed by atoms with Gasteiger partial charge in [-0.15, -0.1) is 0 Å². The zero-order chi connectivity index (χ0) is 16.4. The van der Waals surface area contributed by atoms with Crippen LogP contribution in [0, 0.1) is 5.92 Å². The van der Waals surface area contributed by atoms with Gasteiger partial charge in [0.2, 0.25) is 0 Å². The highest BCUT2D eigenvalue weighted by Gasteiger charge is 2.46. The van der Waals surface area contributed by atoms with Gasteiger partial charge in [0.25, 0.3) is 0 Å². The fourth-order valence-electron chi connectivity index (χ4n) is 3.79. The first-order valence-corrected chi connectivity index (χ1v) is 8.70. The number of esters is 1. The van der Waals surface area contributed by atoms with Crippen LogP contribution in [0.1, 0.15) is 25.7 Å². The van der Waals surface area contributed by atoms with Gasteiger partial charge in [-0.2, -0.15) is 0 Å². The lowest BCUT2D eigenvalue weighted by Gasteiger charge is -2.31. The Morgan fingerprint density at radius 1 is 0.875 bits per heavy atom. The van der Waals surface area contributed by atoms with Crippen LogP contribution in [0.25, 0.3) is 0 Å². The van der Waals surface area contributed by atoms with Crippen LogP contribution in [-0.4, -0.2) is 18.1 Å². The number of anilines is 2. The van der Waals surface area contributed by atoms with Crippen molar-refractivity contribution in [2.24, 2.45) is 5.92 Å². The summed E-state index contributed by atoms with van der Waals surface area (Å²) < 4.78 is 5.62. The first-order valence-electron chi connectivity index (χ1n) is 8.70. The van der Waals surface area contributed by atoms with E-state index in [1.54, 1.807) is 0 Å². The first-order chi connectivity index (χ1) is 11.8. The molecule has 1 saturated carbocycles. The molecule has 1 heterocycles. The molecular weight excluding hydrogens is 300 g/mol. The molecule has 1 saturated heterocycles. The van der Waals surface area contributed by atoms with Gasteiger partial charge in [0.1, 0.15) is 12.1 Å². The second-order valence-corrected chi connectivity index (χ2v) is 6.54. The van der Waals surface area contributed by atoms with Crippen molar-refractivity contribution in [3.8, 4) is 0 Å². The SMILES string of the molecule is O=C1O[C@H]2CCCC[C@H]2[C@H]1NN(c1ccccc1)c1ccccc1. The minimum atomic E-state index is -0.282. The fraction of sp³-hybridized carbons (Fsp3) is 0.350. The topological polar surface area (TPSA) is 41.6 Å². The Bertz CT molecular complexity index is 650. The molecule has 1 aliphatic carbocycles. The normalized spacial score (nSPS) is 25.8. The summed E-state index contributed by atoms with van der Waals surface area (Å²) in [5.41, 5.74) is 5.48. The number of hydrogen-bond donors (Lipinski definition) is 1. The van der Waals surface area contributed by atoms with Crippen molar-refractivity contribution in [1.29, 1.82) is 0 Å². The van der Waals surface area contributed by atoms with Gasteiger partial charge in [-0.1, -0.05) is 42.8 Å². The maximum atomic E-state index is 12.4. The molecule has 2 fully saturated rings. The fourth-order valence-corrected chi connectivity index (χ4v) is 3.79. The zero-order valence-corrected chi connectivity index (χ0v) is 13.6. The lowest BCUT2D eigenvalue weighted by Crippen LogP contribution is -2.48. The van der Waals surface area contributed by atoms with Crippen LogP contribution in [0.5, 0.6) is 0 Å². The molecule has 4 rings (SSSR count). The second-order valence-electron chi connectivity index (χ2n) is 6.54. The van der Waals surface area contributed by atoms with Gasteiger partial charge in [-0.05, 0) is 43.5 Å². The number of ether oxygens (including phenoxy) is 1. The van der Waals surface area contributed by atoms with Gasteiger partial charge in [0, 0.05) is 5.92 Å². The Balaban J connectivity index is 1.64. The third-order valence-corrected chi connectivity index (χ3v) is 5.00. The predicted molar refractivity (Wildman–Crippen MR) is 93.8 cm³/mol. The van der Waals surface area contributed by atoms with Crippen molar-refractivity contribution < 1.29 is 9.53 Å². The number of hydrazine groups is 1. The predicted octanol–water partition coefficient (Wildman–Crippen LogP) is 3.81. The Kier molecular flexibility index (Phi) is 4.22. The van der Waals surface area contributed by atoms with E-state index in [9.17, 15) is 4.79 Å². The van der Waals surface area contributed by atoms with Crippen molar-refractivity contribution in [3.63, 3.8) is 0 Å². The van der Waals surface area contributed by atoms with Crippen LogP contribution in [0.3, 0.4) is 0 Å². The summed E-state index contributed by atoms with van der Waals surface area (Å²) in [6.45, 7) is 0. The van der Waals surface area contributed by atoms with Crippen molar-refractivity contribution in [2.45, 2.75) is 37.8 Å². The van der Waals surface area contributed by atoms with Crippen molar-refractivity contribution in [2.75, 3.05) is 5.01 Å². The van der Waals surface area contributed by atoms with Crippen LogP contribution in [0.15, 0.2) is 60.7 Å². The van der Waals surface area contributed by atoms with E-state index in [1.807, 2.05) is 65.7 Å². The van der Waals surface area contributed by atoms with E-state index in [0.29, 0.717) is 0 Å². The Morgan fingerprint density at radius 3 is 2.08 bits per heavy atom. The van der Waals surface area contributed by atoms with E-state index >= 15 is 0 Å². The summed E-state index contributed by atoms with van der Waals surface area (Å²) in [6.07, 6.45) is 4.45. The van der Waals surface area contributed by atoms with E-state index in [2.05, 4.69) is 5.43 Å². The Morgan fingerprint density at radius 2 is 1.46 bits per heavy atom. The average molecular weight is 322 g/mol. The quantitative estimate of drug-likeness (QED) is 0.686. The van der Waals surface area contributed by atoms with Crippen LogP contribution >= 0.6 is 0 Å². The molecule has 0 aromatic heterocycles. The Labute approximate surface area is 142 Å². The molecule has 4 heteroatoms. The van der Waals surface area contributed by atoms with Gasteiger partial charge in [0.05, 0.1) is 11.4 Å². The molecule has 0 bridgehead atoms. The highest BCUT2D eigenvalue weighted by Crippen LogP contribution is 2.36. The third-order valence-electron chi connectivity index (χ3n) is 5.00. The summed E-state index contributed by atoms with van der Waals surface area (Å²) in [5.74, 6) is 0.143. The summed E-state index contributed by atoms with van der Waals surface area (Å²) in [5, 5.41) is 2.00. The van der Waals surface area contributed by atoms with E-state index in [4.69, 9.17) is 4.74 Å². The molecule has 0 spiro atoms. The van der Waals surface area contributed by atoms with E-state index in [0.717, 1.165) is 30.6 Å². The molecule has 0 unspecified atom stereocenters. The van der Waals surface area contributed by atoms with Crippen molar-refractivity contribution in [3.05, 3.63) is 60.7 Å². The molecule has 3 atom stereocenters. The monoisotopic (exact) mass is 322 g/mol. The van der Waals surface area contributed by atoms with Gasteiger partial charge in [0.15, 0.2) is 0 Å². The van der Waals surface area contributed by atoms with Crippen molar-refractivity contribution in [1.82, 2.24) is 5.43 Å². The number of carbonyl (C=O) groups is 1. The molecular formula is C20H22N2O2. The number of nitrogens with zero attached hydrogens (tertiary/aromatic N) is 1. The number of fused-ring (bicyclic) bond motifs is 1. The number of benzene rings is 2. The highest BCUT2D eigenvalue weighted by atomic mass is 16.6. The smallest absolute Gasteiger partial charge is 0.325 e. The summed E-state index contributed by atoms with van der Waals surface area (Å²) in [7, 11) is 0. The molecule has 1 N–H and O–H groups in total. The molecule has 0 radical (unpaired) electrons. The molecule has 2 aliphatic rings. The van der Waals surface area contributed by atoms with Crippen LogP contribution in [-0.2, 0) is 9.53 Å². The molecule has 4 nitrogen and oxygen atoms in total. The lowest BCUT2D eigenvalue weighted by atomic mass is 9.84. The minimum Gasteiger partial charge on any atom is -0.461 e. The van der Waals surface area contributed by atoms with Gasteiger partial charge in [-0.25, -0.2) is 5.43 Å². The lowest BCUT2D eigenvalue weighted by molar-refractivity contribution is -0.143. The molecule has 0 amide bonds. The number of hydrogen-bond acceptors (Lipinski definition) is 4. The molecule has 2 aromatic carbocycles. The summed E-state index contributed by atoms with van der Waals surface area (Å²) in [6, 6.07) is 19.9. The van der Waals surface area contributed by atoms with Gasteiger partial charge >= 0.3 is 5.97 Å². The molecule has 1 aliphatic heterocycles. The molecule has 2 aromatic rings. The molecule has 124 valence electrons. The van der Waals surface area contributed by atoms with Crippen LogP contribution in [0.2, 0.25) is 0 Å². The third kappa shape index (κ3) is 2.89. The summed E-state index contributed by atoms with van der Waals surface area (Å²) >= 11 is 0. The largest absolute Gasteiger partial charge is 0.461 e. The summed E-state index contributed by atoms with van der Waals surface area (Å²) in [4.78, 5) is 12.4. The maximum absolute atomic E-state index is 12.4. The molecule has 24 heavy (non-hydrogen) atoms. The zero-order valence-electron chi connectivity index (χ0n) is 13.6. The number of nitrogens with one attached hydrogen (secondary N) is 1. The average Bonchev–Trinajstić information content (AvgIpc) is 2.96. The second kappa shape index (κ2) is 6.65. The van der Waals surface area contributed by atoms with E-state index in [-0.39, 0.29) is 24.0 Å². The van der Waals surface area contributed by atoms with E-state index in [1.165, 1.54) is 6.42 Å². The number of para-hydroxylation sites is 2. The highest BCUT2D eigenvalue weighted by molar-refractivity contribution is 5.79. The van der Waals surface area contributed by atoms with Crippen LogP contribution in [0.4, 0.5) is 11.4 Å². The Hall–Kier alpha value is -2.33. The standard InChI is InChI=1S/C20H22N2O2/c23-20-19(17-13-7-8-14-18(17)24-20)21-22(15-9-3-1-4-10-15)16-11-5-2-6-12-16/h1-6,9-12,17-19,21H,7-8,13-14H2/t17-,18+,19-/m1/s1. The number of carbonyl (C=O) groups excluding carboxylic acids is 1. The van der Waals surface area contributed by atoms with Crippen LogP contribution < -0.4 is 10.4 Å². The van der Waals surface area contributed by atoms with Crippen molar-refractivity contribution >= 4 is 17.3 Å². The first kappa shape index (κ1) is 15.2. The number of rotatable bonds is 4. The minimum absolute atomic E-state index is 0.0807. The van der Waals surface area contributed by atoms with Gasteiger partial charge < -0.3 is 4.74 Å². The maximum Gasteiger partial charge on any atom is 0.325 e. The van der Waals surface area contributed by atoms with Gasteiger partial charge in [-0.3, -0.25) is 9.80 Å².